The lowest BCUT2D eigenvalue weighted by Gasteiger charge is -2.18. The Balaban J connectivity index is 2.06. The Kier molecular flexibility index (Phi) is 4.40. The Morgan fingerprint density at radius 1 is 1.20 bits per heavy atom. The van der Waals surface area contributed by atoms with Crippen LogP contribution in [0.3, 0.4) is 0 Å². The summed E-state index contributed by atoms with van der Waals surface area (Å²) in [6.07, 6.45) is 1.77. The number of carbonyl (C=O) groups is 2. The number of rotatable bonds is 5. The van der Waals surface area contributed by atoms with E-state index in [1.54, 1.807) is 23.2 Å². The van der Waals surface area contributed by atoms with E-state index in [4.69, 9.17) is 4.74 Å². The number of ether oxygens (including phenoxy) is 1. The summed E-state index contributed by atoms with van der Waals surface area (Å²) in [6, 6.07) is 7.17. The SMILES string of the molecule is CCN(CC)C(=O)COC(=O)c1cccc2[nH]ccc12. The fourth-order valence-electron chi connectivity index (χ4n) is 2.14. The smallest absolute Gasteiger partial charge is 0.339 e. The molecule has 5 heteroatoms. The third-order valence-corrected chi connectivity index (χ3v) is 3.26. The van der Waals surface area contributed by atoms with Gasteiger partial charge in [0.1, 0.15) is 0 Å². The molecule has 0 fully saturated rings. The van der Waals surface area contributed by atoms with Crippen LogP contribution in [0, 0.1) is 0 Å². The van der Waals surface area contributed by atoms with E-state index in [1.807, 2.05) is 26.0 Å². The van der Waals surface area contributed by atoms with Crippen LogP contribution in [0.25, 0.3) is 10.9 Å². The summed E-state index contributed by atoms with van der Waals surface area (Å²) < 4.78 is 5.11. The Labute approximate surface area is 117 Å². The van der Waals surface area contributed by atoms with E-state index in [-0.39, 0.29) is 12.5 Å². The largest absolute Gasteiger partial charge is 0.452 e. The number of aromatic amines is 1. The third-order valence-electron chi connectivity index (χ3n) is 3.26. The van der Waals surface area contributed by atoms with Gasteiger partial charge in [0.05, 0.1) is 5.56 Å². The number of aromatic nitrogens is 1. The van der Waals surface area contributed by atoms with E-state index in [0.29, 0.717) is 18.7 Å². The number of nitrogens with zero attached hydrogens (tertiary/aromatic N) is 1. The van der Waals surface area contributed by atoms with E-state index in [0.717, 1.165) is 10.9 Å². The number of H-pyrrole nitrogens is 1. The first-order chi connectivity index (χ1) is 9.67. The molecule has 1 aromatic heterocycles. The average Bonchev–Trinajstić information content (AvgIpc) is 2.94. The lowest BCUT2D eigenvalue weighted by Crippen LogP contribution is -2.34. The van der Waals surface area contributed by atoms with Gasteiger partial charge in [-0.25, -0.2) is 4.79 Å². The van der Waals surface area contributed by atoms with E-state index in [2.05, 4.69) is 4.98 Å². The zero-order chi connectivity index (χ0) is 14.5. The summed E-state index contributed by atoms with van der Waals surface area (Å²) >= 11 is 0. The lowest BCUT2D eigenvalue weighted by molar-refractivity contribution is -0.134. The Bertz CT molecular complexity index is 614. The molecule has 0 atom stereocenters. The van der Waals surface area contributed by atoms with Gasteiger partial charge < -0.3 is 14.6 Å². The number of hydrogen-bond acceptors (Lipinski definition) is 3. The molecule has 1 N–H and O–H groups in total. The molecule has 0 spiro atoms. The van der Waals surface area contributed by atoms with Crippen molar-refractivity contribution in [1.29, 1.82) is 0 Å². The number of likely N-dealkylation sites (N-methyl/N-ethyl adjacent to an activating group) is 1. The molecule has 0 aliphatic rings. The topological polar surface area (TPSA) is 62.4 Å². The minimum atomic E-state index is -0.476. The van der Waals surface area contributed by atoms with E-state index >= 15 is 0 Å². The maximum atomic E-state index is 12.1. The zero-order valence-electron chi connectivity index (χ0n) is 11.7. The van der Waals surface area contributed by atoms with Gasteiger partial charge in [-0.15, -0.1) is 0 Å². The molecule has 2 rings (SSSR count). The third kappa shape index (κ3) is 2.82. The van der Waals surface area contributed by atoms with Crippen molar-refractivity contribution in [3.05, 3.63) is 36.0 Å². The second-order valence-corrected chi connectivity index (χ2v) is 4.39. The molecule has 0 saturated carbocycles. The van der Waals surface area contributed by atoms with Crippen LogP contribution in [0.2, 0.25) is 0 Å². The zero-order valence-corrected chi connectivity index (χ0v) is 11.7. The van der Waals surface area contributed by atoms with Crippen molar-refractivity contribution in [1.82, 2.24) is 9.88 Å². The molecular weight excluding hydrogens is 256 g/mol. The fourth-order valence-corrected chi connectivity index (χ4v) is 2.14. The molecule has 1 heterocycles. The second kappa shape index (κ2) is 6.23. The van der Waals surface area contributed by atoms with Crippen LogP contribution < -0.4 is 0 Å². The minimum Gasteiger partial charge on any atom is -0.452 e. The molecule has 1 amide bonds. The van der Waals surface area contributed by atoms with Gasteiger partial charge in [-0.3, -0.25) is 4.79 Å². The van der Waals surface area contributed by atoms with Crippen LogP contribution >= 0.6 is 0 Å². The average molecular weight is 274 g/mol. The van der Waals surface area contributed by atoms with Crippen molar-refractivity contribution >= 4 is 22.8 Å². The normalized spacial score (nSPS) is 10.5. The molecule has 20 heavy (non-hydrogen) atoms. The van der Waals surface area contributed by atoms with Crippen LogP contribution in [-0.2, 0) is 9.53 Å². The summed E-state index contributed by atoms with van der Waals surface area (Å²) in [5.41, 5.74) is 1.34. The fraction of sp³-hybridized carbons (Fsp3) is 0.333. The number of carbonyl (C=O) groups excluding carboxylic acids is 2. The molecule has 0 radical (unpaired) electrons. The van der Waals surface area contributed by atoms with Gasteiger partial charge in [0.25, 0.3) is 5.91 Å². The lowest BCUT2D eigenvalue weighted by atomic mass is 10.1. The summed E-state index contributed by atoms with van der Waals surface area (Å²) in [4.78, 5) is 28.5. The van der Waals surface area contributed by atoms with E-state index < -0.39 is 5.97 Å². The first-order valence-electron chi connectivity index (χ1n) is 6.68. The highest BCUT2D eigenvalue weighted by Gasteiger charge is 2.15. The van der Waals surface area contributed by atoms with E-state index in [9.17, 15) is 9.59 Å². The van der Waals surface area contributed by atoms with Crippen molar-refractivity contribution in [3.63, 3.8) is 0 Å². The molecule has 106 valence electrons. The monoisotopic (exact) mass is 274 g/mol. The quantitative estimate of drug-likeness (QED) is 0.850. The van der Waals surface area contributed by atoms with Gasteiger partial charge in [0.15, 0.2) is 6.61 Å². The summed E-state index contributed by atoms with van der Waals surface area (Å²) in [5, 5.41) is 0.799. The summed E-state index contributed by atoms with van der Waals surface area (Å²) in [6.45, 7) is 4.79. The van der Waals surface area contributed by atoms with Gasteiger partial charge in [-0.05, 0) is 32.0 Å². The molecule has 0 unspecified atom stereocenters. The number of esters is 1. The van der Waals surface area contributed by atoms with Crippen LogP contribution in [-0.4, -0.2) is 41.5 Å². The Morgan fingerprint density at radius 2 is 1.95 bits per heavy atom. The molecule has 0 aliphatic carbocycles. The van der Waals surface area contributed by atoms with Crippen LogP contribution in [0.1, 0.15) is 24.2 Å². The van der Waals surface area contributed by atoms with Crippen molar-refractivity contribution in [3.8, 4) is 0 Å². The molecular formula is C15H18N2O3. The molecule has 0 aliphatic heterocycles. The summed E-state index contributed by atoms with van der Waals surface area (Å²) in [7, 11) is 0. The molecule has 1 aromatic carbocycles. The Morgan fingerprint density at radius 3 is 2.65 bits per heavy atom. The number of amides is 1. The number of nitrogens with one attached hydrogen (secondary N) is 1. The number of benzene rings is 1. The highest BCUT2D eigenvalue weighted by Crippen LogP contribution is 2.18. The predicted molar refractivity (Wildman–Crippen MR) is 76.5 cm³/mol. The second-order valence-electron chi connectivity index (χ2n) is 4.39. The first kappa shape index (κ1) is 14.1. The Hall–Kier alpha value is -2.30. The highest BCUT2D eigenvalue weighted by atomic mass is 16.5. The minimum absolute atomic E-state index is 0.176. The first-order valence-corrected chi connectivity index (χ1v) is 6.68. The highest BCUT2D eigenvalue weighted by molar-refractivity contribution is 6.04. The van der Waals surface area contributed by atoms with Crippen LogP contribution in [0.5, 0.6) is 0 Å². The van der Waals surface area contributed by atoms with Crippen molar-refractivity contribution < 1.29 is 14.3 Å². The van der Waals surface area contributed by atoms with Crippen molar-refractivity contribution in [2.24, 2.45) is 0 Å². The standard InChI is InChI=1S/C15H18N2O3/c1-3-17(4-2)14(18)10-20-15(19)12-6-5-7-13-11(12)8-9-16-13/h5-9,16H,3-4,10H2,1-2H3. The van der Waals surface area contributed by atoms with Gasteiger partial charge in [0.2, 0.25) is 0 Å². The van der Waals surface area contributed by atoms with Crippen molar-refractivity contribution in [2.75, 3.05) is 19.7 Å². The maximum Gasteiger partial charge on any atom is 0.339 e. The van der Waals surface area contributed by atoms with Gasteiger partial charge in [-0.1, -0.05) is 6.07 Å². The van der Waals surface area contributed by atoms with Gasteiger partial charge in [-0.2, -0.15) is 0 Å². The summed E-state index contributed by atoms with van der Waals surface area (Å²) in [5.74, 6) is -0.653. The molecule has 5 nitrogen and oxygen atoms in total. The maximum absolute atomic E-state index is 12.1. The number of hydrogen-bond donors (Lipinski definition) is 1. The van der Waals surface area contributed by atoms with Crippen LogP contribution in [0.15, 0.2) is 30.5 Å². The van der Waals surface area contributed by atoms with Crippen LogP contribution in [0.4, 0.5) is 0 Å². The van der Waals surface area contributed by atoms with E-state index in [1.165, 1.54) is 0 Å². The molecule has 0 saturated heterocycles. The van der Waals surface area contributed by atoms with Crippen molar-refractivity contribution in [2.45, 2.75) is 13.8 Å². The van der Waals surface area contributed by atoms with Gasteiger partial charge >= 0.3 is 5.97 Å². The molecule has 0 bridgehead atoms. The predicted octanol–water partition coefficient (Wildman–Crippen LogP) is 2.19. The number of fused-ring (bicyclic) bond motifs is 1. The molecule has 2 aromatic rings. The van der Waals surface area contributed by atoms with Gasteiger partial charge in [0, 0.05) is 30.2 Å².